The topological polar surface area (TPSA) is 202 Å². The Bertz CT molecular complexity index is 3190. The molecular weight excluding hydrogens is 1150 g/mol. The third-order valence-corrected chi connectivity index (χ3v) is 14.9. The second kappa shape index (κ2) is 37.5. The molecule has 3 aliphatic rings. The van der Waals surface area contributed by atoms with Gasteiger partial charge in [-0.25, -0.2) is 0 Å². The van der Waals surface area contributed by atoms with Gasteiger partial charge in [0.15, 0.2) is 0 Å². The van der Waals surface area contributed by atoms with Crippen molar-refractivity contribution >= 4 is 37.7 Å². The van der Waals surface area contributed by atoms with Crippen LogP contribution in [-0.4, -0.2) is 106 Å². The average molecular weight is 1230 g/mol. The van der Waals surface area contributed by atoms with Crippen LogP contribution in [0.5, 0.6) is 17.2 Å². The summed E-state index contributed by atoms with van der Waals surface area (Å²) < 4.78 is 46.4. The van der Waals surface area contributed by atoms with Crippen LogP contribution in [0.3, 0.4) is 0 Å². The molecule has 0 spiro atoms. The molecule has 0 radical (unpaired) electrons. The van der Waals surface area contributed by atoms with Crippen LogP contribution in [0.25, 0.3) is 0 Å². The fourth-order valence-electron chi connectivity index (χ4n) is 10.7. The molecule has 9 N–H and O–H groups in total. The smallest absolute Gasteiger partial charge is 0.496 e. The highest BCUT2D eigenvalue weighted by molar-refractivity contribution is 6.63. The van der Waals surface area contributed by atoms with E-state index in [2.05, 4.69) is 101 Å². The van der Waals surface area contributed by atoms with Crippen molar-refractivity contribution in [2.24, 2.45) is 0 Å². The fourth-order valence-corrected chi connectivity index (χ4v) is 10.7. The number of ether oxygens (including phenoxy) is 5. The van der Waals surface area contributed by atoms with Crippen molar-refractivity contribution in [3.05, 3.63) is 251 Å². The minimum Gasteiger partial charge on any atom is -1.00 e. The summed E-state index contributed by atoms with van der Waals surface area (Å²) in [7, 11) is -2.89. The van der Waals surface area contributed by atoms with Gasteiger partial charge in [-0.05, 0) is 57.1 Å². The second-order valence-corrected chi connectivity index (χ2v) is 21.3. The van der Waals surface area contributed by atoms with Gasteiger partial charge in [0, 0.05) is 67.5 Å². The first-order chi connectivity index (χ1) is 42.3. The zero-order valence-corrected chi connectivity index (χ0v) is 51.2. The highest BCUT2D eigenvalue weighted by Gasteiger charge is 2.41. The second-order valence-electron chi connectivity index (χ2n) is 21.3. The van der Waals surface area contributed by atoms with E-state index in [0.29, 0.717) is 88.5 Å². The van der Waals surface area contributed by atoms with Gasteiger partial charge in [0.25, 0.3) is 0 Å². The van der Waals surface area contributed by atoms with Gasteiger partial charge < -0.3 is 93.7 Å². The normalized spacial score (nSPS) is 15.2. The van der Waals surface area contributed by atoms with E-state index in [9.17, 15) is 15.1 Å². The first-order valence-corrected chi connectivity index (χ1v) is 29.9. The third kappa shape index (κ3) is 20.5. The average Bonchev–Trinajstić information content (AvgIpc) is 3.36. The van der Waals surface area contributed by atoms with Crippen molar-refractivity contribution in [3.63, 3.8) is 0 Å². The van der Waals surface area contributed by atoms with E-state index in [1.165, 1.54) is 22.3 Å². The number of hydrogen-bond acceptors (Lipinski definition) is 13. The van der Waals surface area contributed by atoms with Crippen molar-refractivity contribution in [2.75, 3.05) is 59.3 Å². The molecule has 88 heavy (non-hydrogen) atoms. The van der Waals surface area contributed by atoms with E-state index in [4.69, 9.17) is 42.8 Å². The number of hydrogen-bond donors (Lipinski definition) is 6. The Labute approximate surface area is 531 Å². The van der Waals surface area contributed by atoms with Gasteiger partial charge in [-0.1, -0.05) is 188 Å². The molecule has 0 fully saturated rings. The molecule has 3 heterocycles. The SMILES string of the molecule is OB1OC(CN(Cc2ccccc2)Cc2ccccc2)c2cccc(OCCCOCc3ccccc3)c21.OB1OC(C[NH2+]Cc2ccccc2)c2cccc(OCCCOCc3ccccc3)c21.[Cl-].[Cl-].[NH3+]CC1OB(O)c2c(OCCCO)cccc21. The molecule has 0 saturated carbocycles. The molecular formula is C68H80B3Cl2N3O12. The lowest BCUT2D eigenvalue weighted by atomic mass is 9.78. The van der Waals surface area contributed by atoms with Gasteiger partial charge in [0.2, 0.25) is 0 Å². The van der Waals surface area contributed by atoms with Crippen LogP contribution >= 0.6 is 0 Å². The Morgan fingerprint density at radius 2 is 0.784 bits per heavy atom. The standard InChI is InChI=1S/C32H34BNO4.C25H28BNO4.C11H16BNO4.2ClH/c35-33-32-29(18-10-19-30(32)37-21-11-20-36-25-28-16-8-3-9-17-28)31(38-33)24-34(22-26-12-4-1-5-13-26)23-27-14-6-2-7-15-27;28-26-25-22(24(31-26)18-27-17-20-9-3-1-4-10-20)13-7-14-23(25)30-16-8-15-29-19-21-11-5-2-6-12-21;13-7-10-8-3-1-4-9(16-6-2-5-14)11(8)12(15)17-10;;/h1-10,12-19,31,35H,11,20-25H2;1-7,9-14,24,27-28H,8,15-19H2;1,3-4,10,14-15H,2,5-7,13H2;2*1H. The fraction of sp³-hybridized carbons (Fsp3) is 0.294. The first-order valence-electron chi connectivity index (χ1n) is 29.9. The summed E-state index contributed by atoms with van der Waals surface area (Å²) in [6, 6.07) is 68.9. The number of nitrogens with zero attached hydrogens (tertiary/aromatic N) is 1. The Morgan fingerprint density at radius 3 is 1.20 bits per heavy atom. The zero-order valence-electron chi connectivity index (χ0n) is 49.7. The van der Waals surface area contributed by atoms with Gasteiger partial charge in [-0.2, -0.15) is 0 Å². The van der Waals surface area contributed by atoms with E-state index >= 15 is 0 Å². The Morgan fingerprint density at radius 1 is 0.420 bits per heavy atom. The maximum Gasteiger partial charge on any atom is 0.496 e. The van der Waals surface area contributed by atoms with Crippen LogP contribution in [0.2, 0.25) is 0 Å². The Kier molecular flexibility index (Phi) is 29.3. The van der Waals surface area contributed by atoms with Gasteiger partial charge in [-0.15, -0.1) is 0 Å². The van der Waals surface area contributed by atoms with Gasteiger partial charge >= 0.3 is 21.4 Å². The highest BCUT2D eigenvalue weighted by atomic mass is 35.5. The van der Waals surface area contributed by atoms with E-state index in [1.54, 1.807) is 6.07 Å². The molecule has 462 valence electrons. The van der Waals surface area contributed by atoms with Gasteiger partial charge in [-0.3, -0.25) is 4.90 Å². The summed E-state index contributed by atoms with van der Waals surface area (Å²) in [5.74, 6) is 2.00. The number of aliphatic hydroxyl groups is 1. The predicted octanol–water partition coefficient (Wildman–Crippen LogP) is -0.215. The van der Waals surface area contributed by atoms with Crippen LogP contribution in [0, 0.1) is 0 Å². The van der Waals surface area contributed by atoms with Crippen molar-refractivity contribution in [1.29, 1.82) is 0 Å². The highest BCUT2D eigenvalue weighted by Crippen LogP contribution is 2.31. The summed E-state index contributed by atoms with van der Waals surface area (Å²) >= 11 is 0. The van der Waals surface area contributed by atoms with Gasteiger partial charge in [0.1, 0.15) is 49.1 Å². The van der Waals surface area contributed by atoms with Gasteiger partial charge in [0.05, 0.1) is 52.4 Å². The summed E-state index contributed by atoms with van der Waals surface area (Å²) in [6.07, 6.45) is 1.55. The monoisotopic (exact) mass is 1230 g/mol. The maximum absolute atomic E-state index is 10.8. The number of rotatable bonds is 29. The molecule has 3 unspecified atom stereocenters. The molecule has 0 aliphatic carbocycles. The number of quaternary nitrogens is 2. The van der Waals surface area contributed by atoms with E-state index in [1.807, 2.05) is 115 Å². The van der Waals surface area contributed by atoms with E-state index in [0.717, 1.165) is 72.2 Å². The molecule has 15 nitrogen and oxygen atoms in total. The molecule has 3 atom stereocenters. The van der Waals surface area contributed by atoms with Crippen molar-refractivity contribution in [2.45, 2.75) is 70.4 Å². The molecule has 11 rings (SSSR count). The molecule has 0 aromatic heterocycles. The third-order valence-electron chi connectivity index (χ3n) is 14.9. The lowest BCUT2D eigenvalue weighted by Gasteiger charge is -2.26. The molecule has 8 aromatic rings. The van der Waals surface area contributed by atoms with E-state index < -0.39 is 21.4 Å². The summed E-state index contributed by atoms with van der Waals surface area (Å²) in [5, 5.41) is 42.1. The summed E-state index contributed by atoms with van der Waals surface area (Å²) in [5.41, 5.74) is 15.0. The molecule has 0 saturated heterocycles. The number of fused-ring (bicyclic) bond motifs is 3. The molecule has 8 aromatic carbocycles. The van der Waals surface area contributed by atoms with Crippen molar-refractivity contribution in [1.82, 2.24) is 4.90 Å². The number of benzene rings is 8. The van der Waals surface area contributed by atoms with Crippen molar-refractivity contribution < 1.29 is 93.7 Å². The lowest BCUT2D eigenvalue weighted by Crippen LogP contribution is -3.00. The minimum absolute atomic E-state index is 0. The van der Waals surface area contributed by atoms with Crippen molar-refractivity contribution in [3.8, 4) is 17.2 Å². The van der Waals surface area contributed by atoms with Crippen LogP contribution in [-0.2, 0) is 56.3 Å². The number of aliphatic hydroxyl groups excluding tert-OH is 1. The van der Waals surface area contributed by atoms with Crippen LogP contribution < -0.4 is 66.5 Å². The molecule has 0 bridgehead atoms. The summed E-state index contributed by atoms with van der Waals surface area (Å²) in [6.45, 7) is 8.44. The minimum atomic E-state index is -1.00. The molecule has 0 amide bonds. The predicted molar refractivity (Wildman–Crippen MR) is 335 cm³/mol. The lowest BCUT2D eigenvalue weighted by molar-refractivity contribution is -0.676. The first kappa shape index (κ1) is 68.9. The zero-order chi connectivity index (χ0) is 59.6. The quantitative estimate of drug-likeness (QED) is 0.0266. The van der Waals surface area contributed by atoms with Crippen LogP contribution in [0.1, 0.15) is 82.1 Å². The Hall–Kier alpha value is -6.55. The maximum atomic E-state index is 10.8. The van der Waals surface area contributed by atoms with Crippen LogP contribution in [0.4, 0.5) is 0 Å². The largest absolute Gasteiger partial charge is 1.00 e. The number of nitrogens with two attached hydrogens (primary N) is 1. The summed E-state index contributed by atoms with van der Waals surface area (Å²) in [4.78, 5) is 2.37. The van der Waals surface area contributed by atoms with Crippen LogP contribution in [0.15, 0.2) is 206 Å². The number of halogens is 2. The molecule has 3 aliphatic heterocycles. The molecule has 20 heteroatoms. The Balaban J connectivity index is 0.000000199. The van der Waals surface area contributed by atoms with E-state index in [-0.39, 0.29) is 49.7 Å².